The lowest BCUT2D eigenvalue weighted by Crippen LogP contribution is -2.10. The molecule has 13 aromatic rings. The van der Waals surface area contributed by atoms with Crippen LogP contribution in [-0.4, -0.2) is 0 Å². The van der Waals surface area contributed by atoms with Crippen LogP contribution in [0.2, 0.25) is 0 Å². The number of benzene rings is 11. The maximum absolute atomic E-state index is 6.77. The van der Waals surface area contributed by atoms with Gasteiger partial charge in [-0.2, -0.15) is 0 Å². The lowest BCUT2D eigenvalue weighted by Gasteiger charge is -2.27. The molecule has 58 heavy (non-hydrogen) atoms. The van der Waals surface area contributed by atoms with Crippen molar-refractivity contribution in [2.75, 3.05) is 4.90 Å². The third-order valence-electron chi connectivity index (χ3n) is 12.5. The lowest BCUT2D eigenvalue weighted by atomic mass is 9.87. The van der Waals surface area contributed by atoms with Crippen LogP contribution in [0.15, 0.2) is 205 Å². The zero-order valence-corrected chi connectivity index (χ0v) is 31.4. The van der Waals surface area contributed by atoms with Gasteiger partial charge in [-0.05, 0) is 129 Å². The predicted octanol–water partition coefficient (Wildman–Crippen LogP) is 16.2. The number of anilines is 3. The predicted molar refractivity (Wildman–Crippen MR) is 248 cm³/mol. The quantitative estimate of drug-likeness (QED) is 0.167. The van der Waals surface area contributed by atoms with E-state index in [1.54, 1.807) is 0 Å². The first-order chi connectivity index (χ1) is 28.7. The number of nitrogens with zero attached hydrogens (tertiary/aromatic N) is 1. The van der Waals surface area contributed by atoms with E-state index in [1.807, 2.05) is 6.07 Å². The number of hydrogen-bond acceptors (Lipinski definition) is 2. The average molecular weight is 736 g/mol. The maximum Gasteiger partial charge on any atom is 0.159 e. The van der Waals surface area contributed by atoms with Gasteiger partial charge < -0.3 is 9.32 Å². The van der Waals surface area contributed by atoms with Gasteiger partial charge in [0.1, 0.15) is 5.58 Å². The van der Waals surface area contributed by atoms with E-state index in [4.69, 9.17) is 4.42 Å². The van der Waals surface area contributed by atoms with Crippen molar-refractivity contribution < 1.29 is 4.42 Å². The summed E-state index contributed by atoms with van der Waals surface area (Å²) >= 11 is 0. The fraction of sp³-hybridized carbons (Fsp3) is 0. The van der Waals surface area contributed by atoms with Crippen molar-refractivity contribution >= 4 is 114 Å². The second-order valence-corrected chi connectivity index (χ2v) is 15.6. The molecule has 0 atom stereocenters. The van der Waals surface area contributed by atoms with Gasteiger partial charge in [0.25, 0.3) is 0 Å². The zero-order valence-electron chi connectivity index (χ0n) is 31.4. The summed E-state index contributed by atoms with van der Waals surface area (Å²) < 4.78 is 6.77. The third-order valence-corrected chi connectivity index (χ3v) is 12.5. The first-order valence-electron chi connectivity index (χ1n) is 20.0. The number of hydrogen-bond donors (Lipinski definition) is 0. The smallest absolute Gasteiger partial charge is 0.159 e. The Morgan fingerprint density at radius 3 is 1.53 bits per heavy atom. The molecule has 2 heteroatoms. The van der Waals surface area contributed by atoms with Crippen molar-refractivity contribution in [2.45, 2.75) is 0 Å². The summed E-state index contributed by atoms with van der Waals surface area (Å²) in [6.07, 6.45) is 0. The minimum Gasteiger partial charge on any atom is -0.454 e. The molecule has 2 nitrogen and oxygen atoms in total. The van der Waals surface area contributed by atoms with Crippen LogP contribution >= 0.6 is 0 Å². The highest BCUT2D eigenvalue weighted by atomic mass is 16.3. The monoisotopic (exact) mass is 735 g/mol. The van der Waals surface area contributed by atoms with Gasteiger partial charge in [-0.3, -0.25) is 0 Å². The minimum atomic E-state index is 0.867. The highest BCUT2D eigenvalue weighted by molar-refractivity contribution is 6.37. The molecule has 0 spiro atoms. The molecule has 13 rings (SSSR count). The summed E-state index contributed by atoms with van der Waals surface area (Å²) in [6.45, 7) is 0. The number of rotatable bonds is 4. The van der Waals surface area contributed by atoms with Gasteiger partial charge >= 0.3 is 0 Å². The second kappa shape index (κ2) is 11.9. The molecule has 268 valence electrons. The van der Waals surface area contributed by atoms with Crippen molar-refractivity contribution in [1.29, 1.82) is 0 Å². The number of furan rings is 1. The molecule has 0 saturated heterocycles. The Kier molecular flexibility index (Phi) is 6.47. The Hall–Kier alpha value is -7.68. The Bertz CT molecular complexity index is 3790. The Labute approximate surface area is 333 Å². The minimum absolute atomic E-state index is 0.867. The van der Waals surface area contributed by atoms with E-state index >= 15 is 0 Å². The van der Waals surface area contributed by atoms with E-state index in [0.717, 1.165) is 39.0 Å². The summed E-state index contributed by atoms with van der Waals surface area (Å²) in [5.41, 5.74) is 7.25. The molecule has 1 heterocycles. The van der Waals surface area contributed by atoms with E-state index < -0.39 is 0 Å². The molecule has 0 radical (unpaired) electrons. The molecular formula is C56H33NO. The Morgan fingerprint density at radius 1 is 0.293 bits per heavy atom. The van der Waals surface area contributed by atoms with Crippen LogP contribution in [0.4, 0.5) is 17.1 Å². The summed E-state index contributed by atoms with van der Waals surface area (Å²) in [7, 11) is 0. The first-order valence-corrected chi connectivity index (χ1v) is 20.0. The largest absolute Gasteiger partial charge is 0.454 e. The van der Waals surface area contributed by atoms with E-state index in [1.165, 1.54) is 86.5 Å². The normalized spacial score (nSPS) is 12.1. The maximum atomic E-state index is 6.77. The molecule has 12 aromatic carbocycles. The molecule has 0 saturated carbocycles. The summed E-state index contributed by atoms with van der Waals surface area (Å²) in [5.74, 6) is 0. The second-order valence-electron chi connectivity index (χ2n) is 15.6. The fourth-order valence-corrected chi connectivity index (χ4v) is 9.90. The Balaban J connectivity index is 1.14. The Morgan fingerprint density at radius 2 is 0.810 bits per heavy atom. The van der Waals surface area contributed by atoms with Gasteiger partial charge in [0, 0.05) is 22.1 Å². The molecule has 0 unspecified atom stereocenters. The molecular weight excluding hydrogens is 703 g/mol. The van der Waals surface area contributed by atoms with E-state index in [9.17, 15) is 0 Å². The number of fused-ring (bicyclic) bond motifs is 6. The van der Waals surface area contributed by atoms with Gasteiger partial charge in [0.05, 0.1) is 5.69 Å². The molecule has 0 aliphatic rings. The van der Waals surface area contributed by atoms with Crippen molar-refractivity contribution in [3.8, 4) is 11.1 Å². The number of para-hydroxylation sites is 2. The van der Waals surface area contributed by atoms with Crippen LogP contribution in [0.5, 0.6) is 0 Å². The van der Waals surface area contributed by atoms with Crippen LogP contribution in [0.3, 0.4) is 0 Å². The van der Waals surface area contributed by atoms with Gasteiger partial charge in [0.15, 0.2) is 5.58 Å². The summed E-state index contributed by atoms with van der Waals surface area (Å²) in [5, 5.41) is 19.9. The van der Waals surface area contributed by atoms with Crippen molar-refractivity contribution in [3.63, 3.8) is 0 Å². The van der Waals surface area contributed by atoms with Crippen LogP contribution in [0, 0.1) is 0 Å². The van der Waals surface area contributed by atoms with Crippen LogP contribution < -0.4 is 4.90 Å². The van der Waals surface area contributed by atoms with E-state index in [2.05, 4.69) is 199 Å². The lowest BCUT2D eigenvalue weighted by molar-refractivity contribution is 0.669. The molecule has 0 fully saturated rings. The molecule has 0 amide bonds. The first kappa shape index (κ1) is 31.5. The van der Waals surface area contributed by atoms with Crippen LogP contribution in [0.25, 0.3) is 108 Å². The summed E-state index contributed by atoms with van der Waals surface area (Å²) in [4.78, 5) is 2.40. The zero-order chi connectivity index (χ0) is 37.9. The van der Waals surface area contributed by atoms with Crippen LogP contribution in [0.1, 0.15) is 0 Å². The van der Waals surface area contributed by atoms with Crippen molar-refractivity contribution in [1.82, 2.24) is 0 Å². The average Bonchev–Trinajstić information content (AvgIpc) is 3.67. The summed E-state index contributed by atoms with van der Waals surface area (Å²) in [6, 6.07) is 73.5. The van der Waals surface area contributed by atoms with E-state index in [-0.39, 0.29) is 0 Å². The van der Waals surface area contributed by atoms with Gasteiger partial charge in [-0.25, -0.2) is 0 Å². The van der Waals surface area contributed by atoms with Gasteiger partial charge in [-0.1, -0.05) is 158 Å². The fourth-order valence-electron chi connectivity index (χ4n) is 9.90. The molecule has 0 bridgehead atoms. The molecule has 0 N–H and O–H groups in total. The molecule has 0 aliphatic carbocycles. The SMILES string of the molecule is c1ccc2cc(-c3ccc(N(c4cc5ccc6cccc7c8cccc9ccc%10cccc(c(c4)c5c67)c%10c98)c4cccc5c4oc4ccccc45)cc3)ccc2c1. The molecule has 1 aromatic heterocycles. The van der Waals surface area contributed by atoms with Crippen LogP contribution in [-0.2, 0) is 0 Å². The van der Waals surface area contributed by atoms with Gasteiger partial charge in [0.2, 0.25) is 0 Å². The molecule has 0 aliphatic heterocycles. The highest BCUT2D eigenvalue weighted by Crippen LogP contribution is 2.48. The van der Waals surface area contributed by atoms with E-state index in [0.29, 0.717) is 0 Å². The van der Waals surface area contributed by atoms with Crippen molar-refractivity contribution in [2.24, 2.45) is 0 Å². The van der Waals surface area contributed by atoms with Crippen molar-refractivity contribution in [3.05, 3.63) is 200 Å². The topological polar surface area (TPSA) is 16.4 Å². The third kappa shape index (κ3) is 4.48. The van der Waals surface area contributed by atoms with Gasteiger partial charge in [-0.15, -0.1) is 0 Å². The highest BCUT2D eigenvalue weighted by Gasteiger charge is 2.22. The standard InChI is InChI=1S/C56H33NO/c1-2-10-39-31-40(25-21-34(39)9-1)35-27-29-42(30-28-35)57(50-19-8-18-48-44-14-3-4-20-51(44)58-56(48)50)43-32-41-26-24-38-12-6-16-46-45-15-5-11-36-22-23-37-13-7-17-47(54(37)52(36)45)49(33-43)55(41)53(38)46/h1-33H.